The first-order chi connectivity index (χ1) is 11.1. The lowest BCUT2D eigenvalue weighted by Gasteiger charge is -2.36. The van der Waals surface area contributed by atoms with E-state index in [2.05, 4.69) is 15.5 Å². The molecule has 2 fully saturated rings. The number of benzene rings is 1. The number of anilines is 1. The van der Waals surface area contributed by atoms with Gasteiger partial charge in [0, 0.05) is 31.4 Å². The molecule has 0 saturated carbocycles. The van der Waals surface area contributed by atoms with Gasteiger partial charge in [-0.05, 0) is 62.9 Å². The van der Waals surface area contributed by atoms with E-state index in [1.807, 2.05) is 13.0 Å². The summed E-state index contributed by atoms with van der Waals surface area (Å²) in [7, 11) is 0. The molecule has 2 heterocycles. The van der Waals surface area contributed by atoms with Crippen LogP contribution in [0.15, 0.2) is 18.2 Å². The Morgan fingerprint density at radius 2 is 2.22 bits per heavy atom. The van der Waals surface area contributed by atoms with Crippen LogP contribution in [0, 0.1) is 18.7 Å². The minimum absolute atomic E-state index is 0.103. The molecular weight excluding hydrogens is 293 g/mol. The van der Waals surface area contributed by atoms with Crippen molar-refractivity contribution in [3.05, 3.63) is 29.6 Å². The van der Waals surface area contributed by atoms with Crippen LogP contribution in [0.25, 0.3) is 0 Å². The predicted molar refractivity (Wildman–Crippen MR) is 90.1 cm³/mol. The van der Waals surface area contributed by atoms with Gasteiger partial charge in [-0.15, -0.1) is 0 Å². The zero-order valence-electron chi connectivity index (χ0n) is 13.8. The van der Waals surface area contributed by atoms with Gasteiger partial charge in [-0.3, -0.25) is 4.79 Å². The van der Waals surface area contributed by atoms with Crippen LogP contribution in [-0.2, 0) is 4.79 Å². The van der Waals surface area contributed by atoms with Gasteiger partial charge >= 0.3 is 0 Å². The molecule has 2 unspecified atom stereocenters. The fourth-order valence-corrected chi connectivity index (χ4v) is 3.68. The molecule has 1 aromatic carbocycles. The average Bonchev–Trinajstić information content (AvgIpc) is 2.56. The van der Waals surface area contributed by atoms with Gasteiger partial charge in [-0.2, -0.15) is 0 Å². The van der Waals surface area contributed by atoms with Crippen LogP contribution >= 0.6 is 0 Å². The van der Waals surface area contributed by atoms with Crippen molar-refractivity contribution in [3.8, 4) is 0 Å². The van der Waals surface area contributed by atoms with Gasteiger partial charge in [-0.25, -0.2) is 4.39 Å². The fourth-order valence-electron chi connectivity index (χ4n) is 3.68. The maximum Gasteiger partial charge on any atom is 0.224 e. The van der Waals surface area contributed by atoms with E-state index in [1.54, 1.807) is 6.07 Å². The summed E-state index contributed by atoms with van der Waals surface area (Å²) in [4.78, 5) is 14.7. The summed E-state index contributed by atoms with van der Waals surface area (Å²) < 4.78 is 13.3. The molecule has 2 aliphatic heterocycles. The summed E-state index contributed by atoms with van der Waals surface area (Å²) in [6.45, 7) is 5.51. The maximum atomic E-state index is 13.3. The van der Waals surface area contributed by atoms with Crippen molar-refractivity contribution in [1.29, 1.82) is 0 Å². The van der Waals surface area contributed by atoms with E-state index < -0.39 is 0 Å². The highest BCUT2D eigenvalue weighted by Gasteiger charge is 2.26. The molecule has 2 atom stereocenters. The van der Waals surface area contributed by atoms with E-state index in [-0.39, 0.29) is 23.7 Å². The number of halogens is 1. The Labute approximate surface area is 137 Å². The zero-order valence-corrected chi connectivity index (χ0v) is 13.8. The van der Waals surface area contributed by atoms with Crippen molar-refractivity contribution >= 4 is 11.6 Å². The van der Waals surface area contributed by atoms with Crippen LogP contribution in [0.4, 0.5) is 10.1 Å². The minimum atomic E-state index is -0.196. The minimum Gasteiger partial charge on any atom is -0.369 e. The van der Waals surface area contributed by atoms with Crippen molar-refractivity contribution in [2.45, 2.75) is 38.6 Å². The lowest BCUT2D eigenvalue weighted by molar-refractivity contribution is -0.126. The monoisotopic (exact) mass is 319 g/mol. The van der Waals surface area contributed by atoms with Crippen LogP contribution in [-0.4, -0.2) is 38.1 Å². The van der Waals surface area contributed by atoms with Crippen molar-refractivity contribution in [3.63, 3.8) is 0 Å². The number of amides is 1. The number of nitrogens with one attached hydrogen (secondary N) is 2. The van der Waals surface area contributed by atoms with Crippen LogP contribution in [0.2, 0.25) is 0 Å². The summed E-state index contributed by atoms with van der Waals surface area (Å²) in [6.07, 6.45) is 4.11. The van der Waals surface area contributed by atoms with Crippen molar-refractivity contribution in [2.75, 3.05) is 31.1 Å². The SMILES string of the molecule is Cc1cc(F)ccc1N1CCCC(NC(=O)C2CCCNC2)C1. The van der Waals surface area contributed by atoms with E-state index in [4.69, 9.17) is 0 Å². The Kier molecular flexibility index (Phi) is 5.16. The lowest BCUT2D eigenvalue weighted by Crippen LogP contribution is -2.51. The highest BCUT2D eigenvalue weighted by molar-refractivity contribution is 5.79. The second kappa shape index (κ2) is 7.30. The molecule has 0 radical (unpaired) electrons. The van der Waals surface area contributed by atoms with Gasteiger partial charge in [0.15, 0.2) is 0 Å². The first-order valence-electron chi connectivity index (χ1n) is 8.65. The second-order valence-corrected chi connectivity index (χ2v) is 6.77. The lowest BCUT2D eigenvalue weighted by atomic mass is 9.97. The summed E-state index contributed by atoms with van der Waals surface area (Å²) >= 11 is 0. The number of carbonyl (C=O) groups is 1. The van der Waals surface area contributed by atoms with Gasteiger partial charge in [0.1, 0.15) is 5.82 Å². The number of rotatable bonds is 3. The Balaban J connectivity index is 1.60. The van der Waals surface area contributed by atoms with E-state index in [0.717, 1.165) is 63.1 Å². The van der Waals surface area contributed by atoms with Crippen LogP contribution in [0.1, 0.15) is 31.2 Å². The summed E-state index contributed by atoms with van der Waals surface area (Å²) in [5.74, 6) is 0.0875. The molecule has 1 amide bonds. The fraction of sp³-hybridized carbons (Fsp3) is 0.611. The third-order valence-electron chi connectivity index (χ3n) is 4.93. The molecule has 0 bridgehead atoms. The number of carbonyl (C=O) groups excluding carboxylic acids is 1. The maximum absolute atomic E-state index is 13.3. The first kappa shape index (κ1) is 16.2. The summed E-state index contributed by atoms with van der Waals surface area (Å²) in [5, 5.41) is 6.52. The van der Waals surface area contributed by atoms with Gasteiger partial charge in [0.25, 0.3) is 0 Å². The normalized spacial score (nSPS) is 25.2. The second-order valence-electron chi connectivity index (χ2n) is 6.77. The van der Waals surface area contributed by atoms with Crippen molar-refractivity contribution < 1.29 is 9.18 Å². The largest absolute Gasteiger partial charge is 0.369 e. The van der Waals surface area contributed by atoms with E-state index in [1.165, 1.54) is 6.07 Å². The summed E-state index contributed by atoms with van der Waals surface area (Å²) in [5.41, 5.74) is 2.03. The van der Waals surface area contributed by atoms with Gasteiger partial charge in [0.05, 0.1) is 5.92 Å². The highest BCUT2D eigenvalue weighted by atomic mass is 19.1. The average molecular weight is 319 g/mol. The molecule has 23 heavy (non-hydrogen) atoms. The smallest absolute Gasteiger partial charge is 0.224 e. The predicted octanol–water partition coefficient (Wildman–Crippen LogP) is 2.22. The Morgan fingerprint density at radius 1 is 1.35 bits per heavy atom. The van der Waals surface area contributed by atoms with Crippen LogP contribution < -0.4 is 15.5 Å². The highest BCUT2D eigenvalue weighted by Crippen LogP contribution is 2.24. The van der Waals surface area contributed by atoms with Gasteiger partial charge in [0.2, 0.25) is 5.91 Å². The van der Waals surface area contributed by atoms with Gasteiger partial charge in [-0.1, -0.05) is 0 Å². The molecule has 0 spiro atoms. The number of aryl methyl sites for hydroxylation is 1. The standard InChI is InChI=1S/C18H26FN3O/c1-13-10-15(19)6-7-17(13)22-9-3-5-16(12-22)21-18(23)14-4-2-8-20-11-14/h6-7,10,14,16,20H,2-5,8-9,11-12H2,1H3,(H,21,23). The number of hydrogen-bond acceptors (Lipinski definition) is 3. The van der Waals surface area contributed by atoms with E-state index in [9.17, 15) is 9.18 Å². The molecule has 3 rings (SSSR count). The zero-order chi connectivity index (χ0) is 16.2. The number of hydrogen-bond donors (Lipinski definition) is 2. The molecule has 0 aliphatic carbocycles. The topological polar surface area (TPSA) is 44.4 Å². The van der Waals surface area contributed by atoms with E-state index in [0.29, 0.717) is 0 Å². The molecular formula is C18H26FN3O. The van der Waals surface area contributed by atoms with Gasteiger partial charge < -0.3 is 15.5 Å². The quantitative estimate of drug-likeness (QED) is 0.898. The number of nitrogens with zero attached hydrogens (tertiary/aromatic N) is 1. The molecule has 126 valence electrons. The first-order valence-corrected chi connectivity index (χ1v) is 8.65. The van der Waals surface area contributed by atoms with Crippen molar-refractivity contribution in [1.82, 2.24) is 10.6 Å². The Hall–Kier alpha value is -1.62. The van der Waals surface area contributed by atoms with Crippen molar-refractivity contribution in [2.24, 2.45) is 5.92 Å². The Morgan fingerprint density at radius 3 is 2.96 bits per heavy atom. The molecule has 2 N–H and O–H groups in total. The molecule has 5 heteroatoms. The molecule has 4 nitrogen and oxygen atoms in total. The molecule has 2 aliphatic rings. The molecule has 1 aromatic rings. The van der Waals surface area contributed by atoms with E-state index >= 15 is 0 Å². The van der Waals surface area contributed by atoms with Crippen LogP contribution in [0.5, 0.6) is 0 Å². The molecule has 0 aromatic heterocycles. The third-order valence-corrected chi connectivity index (χ3v) is 4.93. The third kappa shape index (κ3) is 4.02. The summed E-state index contributed by atoms with van der Waals surface area (Å²) in [6, 6.07) is 5.12. The Bertz CT molecular complexity index is 557. The van der Waals surface area contributed by atoms with Crippen LogP contribution in [0.3, 0.4) is 0 Å². The number of piperidine rings is 2. The molecule has 2 saturated heterocycles.